The van der Waals surface area contributed by atoms with E-state index in [0.717, 1.165) is 24.3 Å². The number of methoxy groups -OCH3 is 2. The summed E-state index contributed by atoms with van der Waals surface area (Å²) < 4.78 is 10.5. The maximum absolute atomic E-state index is 5.36. The van der Waals surface area contributed by atoms with Crippen LogP contribution < -0.4 is 4.74 Å². The molecule has 0 bridgehead atoms. The van der Waals surface area contributed by atoms with Gasteiger partial charge in [-0.05, 0) is 44.2 Å². The van der Waals surface area contributed by atoms with E-state index in [2.05, 4.69) is 38.1 Å². The predicted octanol–water partition coefficient (Wildman–Crippen LogP) is 4.47. The second kappa shape index (κ2) is 8.76. The lowest BCUT2D eigenvalue weighted by Crippen LogP contribution is -2.02. The lowest BCUT2D eigenvalue weighted by atomic mass is 10.0. The van der Waals surface area contributed by atoms with E-state index in [1.807, 2.05) is 6.07 Å². The van der Waals surface area contributed by atoms with E-state index in [-0.39, 0.29) is 0 Å². The van der Waals surface area contributed by atoms with Gasteiger partial charge in [0.2, 0.25) is 0 Å². The van der Waals surface area contributed by atoms with Gasteiger partial charge in [0.25, 0.3) is 0 Å². The van der Waals surface area contributed by atoms with Gasteiger partial charge in [-0.3, -0.25) is 0 Å². The minimum atomic E-state index is 0.645. The Labute approximate surface area is 117 Å². The second-order valence-corrected chi connectivity index (χ2v) is 5.14. The molecule has 0 aliphatic heterocycles. The molecule has 0 radical (unpaired) electrons. The van der Waals surface area contributed by atoms with E-state index in [1.54, 1.807) is 14.2 Å². The summed E-state index contributed by atoms with van der Waals surface area (Å²) in [7, 11) is 3.48. The Morgan fingerprint density at radius 2 is 2.05 bits per heavy atom. The molecule has 0 amide bonds. The van der Waals surface area contributed by atoms with Crippen molar-refractivity contribution in [2.75, 3.05) is 20.8 Å². The Morgan fingerprint density at radius 3 is 2.74 bits per heavy atom. The molecule has 0 heterocycles. The van der Waals surface area contributed by atoms with Gasteiger partial charge in [-0.15, -0.1) is 0 Å². The maximum Gasteiger partial charge on any atom is 0.126 e. The SMILES string of the molecule is COCC(C)CCC/C=C/c1cc(C)ccc1OC. The highest BCUT2D eigenvalue weighted by atomic mass is 16.5. The van der Waals surface area contributed by atoms with Crippen LogP contribution in [-0.2, 0) is 4.74 Å². The number of unbranched alkanes of at least 4 members (excludes halogenated alkanes) is 1. The van der Waals surface area contributed by atoms with Crippen molar-refractivity contribution in [3.05, 3.63) is 35.4 Å². The van der Waals surface area contributed by atoms with Gasteiger partial charge in [0.05, 0.1) is 7.11 Å². The molecule has 1 aromatic carbocycles. The molecular formula is C17H26O2. The van der Waals surface area contributed by atoms with Crippen LogP contribution in [0.15, 0.2) is 24.3 Å². The molecular weight excluding hydrogens is 236 g/mol. The largest absolute Gasteiger partial charge is 0.496 e. The van der Waals surface area contributed by atoms with Crippen LogP contribution >= 0.6 is 0 Å². The topological polar surface area (TPSA) is 18.5 Å². The highest BCUT2D eigenvalue weighted by Gasteiger charge is 2.01. The molecule has 1 atom stereocenters. The number of rotatable bonds is 8. The van der Waals surface area contributed by atoms with Gasteiger partial charge >= 0.3 is 0 Å². The van der Waals surface area contributed by atoms with Crippen LogP contribution in [0.3, 0.4) is 0 Å². The number of ether oxygens (including phenoxy) is 2. The van der Waals surface area contributed by atoms with Crippen molar-refractivity contribution < 1.29 is 9.47 Å². The van der Waals surface area contributed by atoms with Crippen molar-refractivity contribution in [3.8, 4) is 5.75 Å². The smallest absolute Gasteiger partial charge is 0.126 e. The molecule has 1 aromatic rings. The van der Waals surface area contributed by atoms with Gasteiger partial charge in [-0.25, -0.2) is 0 Å². The van der Waals surface area contributed by atoms with Crippen LogP contribution in [0.25, 0.3) is 6.08 Å². The van der Waals surface area contributed by atoms with E-state index < -0.39 is 0 Å². The van der Waals surface area contributed by atoms with Crippen LogP contribution in [0.5, 0.6) is 5.75 Å². The first-order chi connectivity index (χ1) is 9.17. The molecule has 0 saturated carbocycles. The zero-order valence-corrected chi connectivity index (χ0v) is 12.6. The molecule has 106 valence electrons. The third-order valence-corrected chi connectivity index (χ3v) is 3.20. The molecule has 0 fully saturated rings. The summed E-state index contributed by atoms with van der Waals surface area (Å²) in [5, 5.41) is 0. The van der Waals surface area contributed by atoms with Crippen molar-refractivity contribution in [2.45, 2.75) is 33.1 Å². The number of benzene rings is 1. The predicted molar refractivity (Wildman–Crippen MR) is 81.7 cm³/mol. The average Bonchev–Trinajstić information content (AvgIpc) is 2.39. The van der Waals surface area contributed by atoms with Crippen LogP contribution in [0.1, 0.15) is 37.3 Å². The first-order valence-corrected chi connectivity index (χ1v) is 6.97. The lowest BCUT2D eigenvalue weighted by molar-refractivity contribution is 0.155. The van der Waals surface area contributed by atoms with E-state index in [4.69, 9.17) is 9.47 Å². The Morgan fingerprint density at radius 1 is 1.26 bits per heavy atom. The minimum absolute atomic E-state index is 0.645. The van der Waals surface area contributed by atoms with Gasteiger partial charge in [-0.2, -0.15) is 0 Å². The second-order valence-electron chi connectivity index (χ2n) is 5.14. The summed E-state index contributed by atoms with van der Waals surface area (Å²) in [6, 6.07) is 6.25. The summed E-state index contributed by atoms with van der Waals surface area (Å²) in [6.45, 7) is 5.19. The average molecular weight is 262 g/mol. The summed E-state index contributed by atoms with van der Waals surface area (Å²) in [6.07, 6.45) is 7.91. The quantitative estimate of drug-likeness (QED) is 0.643. The van der Waals surface area contributed by atoms with E-state index in [1.165, 1.54) is 18.4 Å². The first kappa shape index (κ1) is 15.8. The van der Waals surface area contributed by atoms with Crippen LogP contribution in [0.4, 0.5) is 0 Å². The van der Waals surface area contributed by atoms with E-state index >= 15 is 0 Å². The Balaban J connectivity index is 2.42. The number of hydrogen-bond donors (Lipinski definition) is 0. The normalized spacial score (nSPS) is 12.8. The van der Waals surface area contributed by atoms with E-state index in [9.17, 15) is 0 Å². The number of aryl methyl sites for hydroxylation is 1. The molecule has 0 aromatic heterocycles. The van der Waals surface area contributed by atoms with Crippen LogP contribution in [-0.4, -0.2) is 20.8 Å². The van der Waals surface area contributed by atoms with Gasteiger partial charge in [-0.1, -0.05) is 30.7 Å². The van der Waals surface area contributed by atoms with Gasteiger partial charge in [0.15, 0.2) is 0 Å². The summed E-state index contributed by atoms with van der Waals surface area (Å²) >= 11 is 0. The van der Waals surface area contributed by atoms with Crippen molar-refractivity contribution >= 4 is 6.08 Å². The fourth-order valence-corrected chi connectivity index (χ4v) is 2.15. The summed E-state index contributed by atoms with van der Waals surface area (Å²) in [5.41, 5.74) is 2.42. The minimum Gasteiger partial charge on any atom is -0.496 e. The molecule has 19 heavy (non-hydrogen) atoms. The fraction of sp³-hybridized carbons (Fsp3) is 0.529. The standard InChI is InChI=1S/C17H26O2/c1-14-10-11-17(19-4)16(12-14)9-7-5-6-8-15(2)13-18-3/h7,9-12,15H,5-6,8,13H2,1-4H3/b9-7+. The van der Waals surface area contributed by atoms with Crippen molar-refractivity contribution in [1.29, 1.82) is 0 Å². The third kappa shape index (κ3) is 5.93. The van der Waals surface area contributed by atoms with Gasteiger partial charge in [0.1, 0.15) is 5.75 Å². The zero-order chi connectivity index (χ0) is 14.1. The highest BCUT2D eigenvalue weighted by Crippen LogP contribution is 2.21. The summed E-state index contributed by atoms with van der Waals surface area (Å²) in [4.78, 5) is 0. The van der Waals surface area contributed by atoms with Crippen LogP contribution in [0, 0.1) is 12.8 Å². The Bertz CT molecular complexity index is 396. The van der Waals surface area contributed by atoms with Gasteiger partial charge in [0, 0.05) is 19.3 Å². The van der Waals surface area contributed by atoms with Crippen molar-refractivity contribution in [1.82, 2.24) is 0 Å². The molecule has 0 spiro atoms. The van der Waals surface area contributed by atoms with E-state index in [0.29, 0.717) is 5.92 Å². The zero-order valence-electron chi connectivity index (χ0n) is 12.6. The highest BCUT2D eigenvalue weighted by molar-refractivity contribution is 5.58. The number of hydrogen-bond acceptors (Lipinski definition) is 2. The molecule has 2 nitrogen and oxygen atoms in total. The molecule has 0 N–H and O–H groups in total. The Hall–Kier alpha value is -1.28. The molecule has 1 rings (SSSR count). The lowest BCUT2D eigenvalue weighted by Gasteiger charge is -2.08. The number of allylic oxidation sites excluding steroid dienone is 1. The fourth-order valence-electron chi connectivity index (χ4n) is 2.15. The Kier molecular flexibility index (Phi) is 7.27. The monoisotopic (exact) mass is 262 g/mol. The van der Waals surface area contributed by atoms with Crippen molar-refractivity contribution in [3.63, 3.8) is 0 Å². The van der Waals surface area contributed by atoms with Crippen molar-refractivity contribution in [2.24, 2.45) is 5.92 Å². The van der Waals surface area contributed by atoms with Gasteiger partial charge < -0.3 is 9.47 Å². The molecule has 0 aliphatic rings. The first-order valence-electron chi connectivity index (χ1n) is 6.97. The third-order valence-electron chi connectivity index (χ3n) is 3.20. The molecule has 2 heteroatoms. The molecule has 0 saturated heterocycles. The molecule has 0 aliphatic carbocycles. The summed E-state index contributed by atoms with van der Waals surface area (Å²) in [5.74, 6) is 1.58. The maximum atomic E-state index is 5.36. The van der Waals surface area contributed by atoms with Crippen LogP contribution in [0.2, 0.25) is 0 Å². The molecule has 1 unspecified atom stereocenters.